The van der Waals surface area contributed by atoms with Crippen LogP contribution in [0.4, 0.5) is 0 Å². The maximum Gasteiger partial charge on any atom is 0.0702 e. The summed E-state index contributed by atoms with van der Waals surface area (Å²) in [6.45, 7) is 2.13. The van der Waals surface area contributed by atoms with Crippen molar-refractivity contribution in [2.45, 2.75) is 6.92 Å². The van der Waals surface area contributed by atoms with E-state index in [4.69, 9.17) is 0 Å². The monoisotopic (exact) mass is 321 g/mol. The molecular formula is C24H19N. The maximum atomic E-state index is 4.50. The molecule has 0 amide bonds. The summed E-state index contributed by atoms with van der Waals surface area (Å²) in [7, 11) is 0. The molecule has 25 heavy (non-hydrogen) atoms. The lowest BCUT2D eigenvalue weighted by Crippen LogP contribution is -1.89. The minimum atomic E-state index is 0.996. The Balaban J connectivity index is 1.93. The maximum absolute atomic E-state index is 4.50. The highest BCUT2D eigenvalue weighted by atomic mass is 14.7. The van der Waals surface area contributed by atoms with Gasteiger partial charge in [-0.05, 0) is 47.4 Å². The van der Waals surface area contributed by atoms with E-state index in [0.29, 0.717) is 0 Å². The fraction of sp³-hybridized carbons (Fsp3) is 0.0417. The van der Waals surface area contributed by atoms with E-state index in [1.54, 1.807) is 0 Å². The summed E-state index contributed by atoms with van der Waals surface area (Å²) in [5.74, 6) is 0. The summed E-state index contributed by atoms with van der Waals surface area (Å²) in [6, 6.07) is 31.9. The minimum absolute atomic E-state index is 0.996. The van der Waals surface area contributed by atoms with Crippen LogP contribution in [-0.4, -0.2) is 4.98 Å². The Morgan fingerprint density at radius 1 is 0.560 bits per heavy atom. The number of aromatic nitrogens is 1. The Labute approximate surface area is 148 Å². The van der Waals surface area contributed by atoms with Gasteiger partial charge in [0, 0.05) is 11.8 Å². The zero-order valence-corrected chi connectivity index (χ0v) is 14.2. The number of aryl methyl sites for hydroxylation is 1. The molecule has 0 N–H and O–H groups in total. The average Bonchev–Trinajstić information content (AvgIpc) is 2.69. The number of hydrogen-bond donors (Lipinski definition) is 0. The molecule has 0 fully saturated rings. The minimum Gasteiger partial charge on any atom is -0.256 e. The molecule has 1 heteroatoms. The molecule has 0 aliphatic heterocycles. The van der Waals surface area contributed by atoms with Gasteiger partial charge in [-0.25, -0.2) is 0 Å². The van der Waals surface area contributed by atoms with Crippen LogP contribution in [0.15, 0.2) is 97.2 Å². The first kappa shape index (κ1) is 15.3. The van der Waals surface area contributed by atoms with E-state index in [-0.39, 0.29) is 0 Å². The molecule has 0 saturated carbocycles. The van der Waals surface area contributed by atoms with Crippen LogP contribution >= 0.6 is 0 Å². The molecule has 1 heterocycles. The van der Waals surface area contributed by atoms with Crippen LogP contribution in [0, 0.1) is 6.92 Å². The van der Waals surface area contributed by atoms with Crippen LogP contribution < -0.4 is 0 Å². The molecule has 0 atom stereocenters. The van der Waals surface area contributed by atoms with Crippen molar-refractivity contribution in [1.82, 2.24) is 4.98 Å². The van der Waals surface area contributed by atoms with E-state index in [2.05, 4.69) is 90.8 Å². The molecule has 4 aromatic rings. The normalized spacial score (nSPS) is 10.6. The van der Waals surface area contributed by atoms with Gasteiger partial charge < -0.3 is 0 Å². The van der Waals surface area contributed by atoms with Crippen molar-refractivity contribution in [2.75, 3.05) is 0 Å². The van der Waals surface area contributed by atoms with Gasteiger partial charge in [0.05, 0.1) is 5.69 Å². The Bertz CT molecular complexity index is 989. The van der Waals surface area contributed by atoms with Gasteiger partial charge in [-0.15, -0.1) is 0 Å². The van der Waals surface area contributed by atoms with E-state index in [9.17, 15) is 0 Å². The molecule has 0 aliphatic carbocycles. The third-order valence-corrected chi connectivity index (χ3v) is 4.39. The second-order valence-corrected chi connectivity index (χ2v) is 6.21. The van der Waals surface area contributed by atoms with Gasteiger partial charge >= 0.3 is 0 Å². The molecule has 4 rings (SSSR count). The quantitative estimate of drug-likeness (QED) is 0.426. The molecular weight excluding hydrogens is 302 g/mol. The predicted molar refractivity (Wildman–Crippen MR) is 105 cm³/mol. The van der Waals surface area contributed by atoms with Gasteiger partial charge in [-0.1, -0.05) is 78.4 Å². The SMILES string of the molecule is Cc1cccc(-c2cc(-c3ccccn3)ccc2-c2ccccc2)c1. The van der Waals surface area contributed by atoms with Gasteiger partial charge in [0.1, 0.15) is 0 Å². The van der Waals surface area contributed by atoms with Gasteiger partial charge in [0.25, 0.3) is 0 Å². The summed E-state index contributed by atoms with van der Waals surface area (Å²) >= 11 is 0. The van der Waals surface area contributed by atoms with E-state index >= 15 is 0 Å². The van der Waals surface area contributed by atoms with Crippen LogP contribution in [0.25, 0.3) is 33.5 Å². The third-order valence-electron chi connectivity index (χ3n) is 4.39. The summed E-state index contributed by atoms with van der Waals surface area (Å²) in [4.78, 5) is 4.50. The second-order valence-electron chi connectivity index (χ2n) is 6.21. The largest absolute Gasteiger partial charge is 0.256 e. The highest BCUT2D eigenvalue weighted by molar-refractivity contribution is 5.86. The van der Waals surface area contributed by atoms with Gasteiger partial charge in [-0.3, -0.25) is 4.98 Å². The fourth-order valence-electron chi connectivity index (χ4n) is 3.16. The van der Waals surface area contributed by atoms with Crippen molar-refractivity contribution in [2.24, 2.45) is 0 Å². The number of hydrogen-bond acceptors (Lipinski definition) is 1. The molecule has 0 spiro atoms. The molecule has 120 valence electrons. The van der Waals surface area contributed by atoms with Crippen LogP contribution in [0.1, 0.15) is 5.56 Å². The lowest BCUT2D eigenvalue weighted by molar-refractivity contribution is 1.33. The Kier molecular flexibility index (Phi) is 4.14. The average molecular weight is 321 g/mol. The first-order valence-corrected chi connectivity index (χ1v) is 8.49. The van der Waals surface area contributed by atoms with Gasteiger partial charge in [-0.2, -0.15) is 0 Å². The van der Waals surface area contributed by atoms with Crippen molar-refractivity contribution in [3.8, 4) is 33.5 Å². The number of rotatable bonds is 3. The number of pyridine rings is 1. The van der Waals surface area contributed by atoms with Crippen LogP contribution in [0.5, 0.6) is 0 Å². The lowest BCUT2D eigenvalue weighted by Gasteiger charge is -2.13. The molecule has 1 aromatic heterocycles. The predicted octanol–water partition coefficient (Wildman–Crippen LogP) is 6.39. The second kappa shape index (κ2) is 6.74. The number of nitrogens with zero attached hydrogens (tertiary/aromatic N) is 1. The lowest BCUT2D eigenvalue weighted by atomic mass is 9.91. The van der Waals surface area contributed by atoms with Crippen LogP contribution in [0.2, 0.25) is 0 Å². The van der Waals surface area contributed by atoms with E-state index < -0.39 is 0 Å². The third kappa shape index (κ3) is 3.22. The van der Waals surface area contributed by atoms with E-state index in [1.807, 2.05) is 18.3 Å². The summed E-state index contributed by atoms with van der Waals surface area (Å²) in [5, 5.41) is 0. The van der Waals surface area contributed by atoms with Crippen molar-refractivity contribution in [1.29, 1.82) is 0 Å². The van der Waals surface area contributed by atoms with Gasteiger partial charge in [0.2, 0.25) is 0 Å². The summed E-state index contributed by atoms with van der Waals surface area (Å²) in [5.41, 5.74) is 8.33. The molecule has 3 aromatic carbocycles. The summed E-state index contributed by atoms with van der Waals surface area (Å²) in [6.07, 6.45) is 1.84. The highest BCUT2D eigenvalue weighted by Gasteiger charge is 2.10. The first-order valence-electron chi connectivity index (χ1n) is 8.49. The molecule has 0 radical (unpaired) electrons. The van der Waals surface area contributed by atoms with Crippen molar-refractivity contribution >= 4 is 0 Å². The molecule has 1 nitrogen and oxygen atoms in total. The molecule has 0 unspecified atom stereocenters. The zero-order chi connectivity index (χ0) is 17.1. The number of benzene rings is 3. The summed E-state index contributed by atoms with van der Waals surface area (Å²) < 4.78 is 0. The van der Waals surface area contributed by atoms with Crippen LogP contribution in [-0.2, 0) is 0 Å². The Morgan fingerprint density at radius 2 is 1.36 bits per heavy atom. The molecule has 0 bridgehead atoms. The molecule has 0 aliphatic rings. The first-order chi connectivity index (χ1) is 12.3. The standard InChI is InChI=1S/C24H19N/c1-18-8-7-11-20(16-18)23-17-21(24-12-5-6-15-25-24)13-14-22(23)19-9-3-2-4-10-19/h2-17H,1H3. The van der Waals surface area contributed by atoms with E-state index in [0.717, 1.165) is 11.3 Å². The van der Waals surface area contributed by atoms with Crippen molar-refractivity contribution in [3.63, 3.8) is 0 Å². The topological polar surface area (TPSA) is 12.9 Å². The highest BCUT2D eigenvalue weighted by Crippen LogP contribution is 2.35. The van der Waals surface area contributed by atoms with Crippen molar-refractivity contribution in [3.05, 3.63) is 103 Å². The molecule has 0 saturated heterocycles. The van der Waals surface area contributed by atoms with Crippen LogP contribution in [0.3, 0.4) is 0 Å². The zero-order valence-electron chi connectivity index (χ0n) is 14.2. The Morgan fingerprint density at radius 3 is 2.12 bits per heavy atom. The Hall–Kier alpha value is -3.19. The van der Waals surface area contributed by atoms with Gasteiger partial charge in [0.15, 0.2) is 0 Å². The van der Waals surface area contributed by atoms with E-state index in [1.165, 1.54) is 27.8 Å². The smallest absolute Gasteiger partial charge is 0.0702 e. The fourth-order valence-corrected chi connectivity index (χ4v) is 3.16. The van der Waals surface area contributed by atoms with Crippen molar-refractivity contribution < 1.29 is 0 Å².